The number of carbonyl (C=O) groups is 3. The maximum absolute atomic E-state index is 12.5. The molecule has 29 heavy (non-hydrogen) atoms. The number of carbonyl (C=O) groups excluding carboxylic acids is 3. The lowest BCUT2D eigenvalue weighted by atomic mass is 9.87. The quantitative estimate of drug-likeness (QED) is 0.574. The molecule has 1 N–H and O–H groups in total. The van der Waals surface area contributed by atoms with Gasteiger partial charge in [0, 0.05) is 5.56 Å². The molecule has 0 saturated carbocycles. The molecule has 0 spiro atoms. The van der Waals surface area contributed by atoms with Crippen LogP contribution in [0.5, 0.6) is 5.75 Å². The van der Waals surface area contributed by atoms with Gasteiger partial charge in [0.1, 0.15) is 5.75 Å². The first kappa shape index (κ1) is 20.6. The number of hydrogen-bond acceptors (Lipinski definition) is 5. The van der Waals surface area contributed by atoms with Crippen molar-refractivity contribution in [2.75, 3.05) is 6.61 Å². The summed E-state index contributed by atoms with van der Waals surface area (Å²) in [6, 6.07) is 14.5. The van der Waals surface area contributed by atoms with Gasteiger partial charge in [-0.3, -0.25) is 9.59 Å². The normalized spacial score (nSPS) is 16.3. The number of amides is 1. The number of hydrogen-bond donors (Lipinski definition) is 1. The summed E-state index contributed by atoms with van der Waals surface area (Å²) in [4.78, 5) is 35.8. The third-order valence-electron chi connectivity index (χ3n) is 4.98. The molecule has 1 aliphatic rings. The molecule has 2 aromatic rings. The molecule has 0 fully saturated rings. The van der Waals surface area contributed by atoms with Gasteiger partial charge in [-0.15, -0.1) is 0 Å². The Morgan fingerprint density at radius 3 is 2.55 bits per heavy atom. The lowest BCUT2D eigenvalue weighted by molar-refractivity contribution is -0.156. The van der Waals surface area contributed by atoms with Crippen molar-refractivity contribution in [1.29, 1.82) is 0 Å². The predicted molar refractivity (Wildman–Crippen MR) is 108 cm³/mol. The van der Waals surface area contributed by atoms with Gasteiger partial charge in [-0.25, -0.2) is 4.79 Å². The molecular formula is C23H25NO5. The molecule has 0 aromatic heterocycles. The minimum absolute atomic E-state index is 0.0450. The van der Waals surface area contributed by atoms with E-state index in [1.165, 1.54) is 12.5 Å². The summed E-state index contributed by atoms with van der Waals surface area (Å²) in [7, 11) is 0. The van der Waals surface area contributed by atoms with Crippen LogP contribution in [0, 0.1) is 0 Å². The molecular weight excluding hydrogens is 370 g/mol. The van der Waals surface area contributed by atoms with E-state index in [9.17, 15) is 14.4 Å². The number of ether oxygens (including phenoxy) is 2. The summed E-state index contributed by atoms with van der Waals surface area (Å²) in [5.74, 6) is -0.558. The highest BCUT2D eigenvalue weighted by atomic mass is 16.6. The molecule has 2 aromatic carbocycles. The van der Waals surface area contributed by atoms with E-state index in [1.54, 1.807) is 31.2 Å². The van der Waals surface area contributed by atoms with E-state index in [4.69, 9.17) is 9.47 Å². The first-order valence-corrected chi connectivity index (χ1v) is 9.75. The number of nitrogens with one attached hydrogen (secondary N) is 1. The smallest absolute Gasteiger partial charge is 0.344 e. The van der Waals surface area contributed by atoms with Crippen LogP contribution in [-0.4, -0.2) is 30.4 Å². The fourth-order valence-corrected chi connectivity index (χ4v) is 3.41. The van der Waals surface area contributed by atoms with Crippen molar-refractivity contribution < 1.29 is 23.9 Å². The van der Waals surface area contributed by atoms with Gasteiger partial charge in [0.05, 0.1) is 6.04 Å². The summed E-state index contributed by atoms with van der Waals surface area (Å²) in [5.41, 5.74) is 2.94. The van der Waals surface area contributed by atoms with Gasteiger partial charge in [0.2, 0.25) is 0 Å². The van der Waals surface area contributed by atoms with Crippen molar-refractivity contribution in [1.82, 2.24) is 5.32 Å². The first-order valence-electron chi connectivity index (χ1n) is 9.75. The Morgan fingerprint density at radius 1 is 1.10 bits per heavy atom. The Balaban J connectivity index is 1.48. The van der Waals surface area contributed by atoms with E-state index >= 15 is 0 Å². The number of ketones is 1. The Bertz CT molecular complexity index is 890. The maximum atomic E-state index is 12.5. The molecule has 6 heteroatoms. The lowest BCUT2D eigenvalue weighted by Crippen LogP contribution is -2.39. The average Bonchev–Trinajstić information content (AvgIpc) is 2.72. The monoisotopic (exact) mass is 395 g/mol. The molecule has 3 rings (SSSR count). The Kier molecular flexibility index (Phi) is 6.65. The van der Waals surface area contributed by atoms with Gasteiger partial charge in [0.25, 0.3) is 5.91 Å². The molecule has 0 unspecified atom stereocenters. The van der Waals surface area contributed by atoms with Crippen molar-refractivity contribution in [3.05, 3.63) is 65.2 Å². The SMILES string of the molecule is CC(=O)c1ccc(OCC(=O)O[C@H](C)C(=O)N[C@@H]2CCCc3ccccc32)cc1. The maximum Gasteiger partial charge on any atom is 0.344 e. The molecule has 0 aliphatic heterocycles. The Morgan fingerprint density at radius 2 is 1.83 bits per heavy atom. The van der Waals surface area contributed by atoms with Crippen LogP contribution in [0.1, 0.15) is 54.2 Å². The highest BCUT2D eigenvalue weighted by molar-refractivity contribution is 5.94. The van der Waals surface area contributed by atoms with Gasteiger partial charge >= 0.3 is 5.97 Å². The van der Waals surface area contributed by atoms with E-state index in [2.05, 4.69) is 11.4 Å². The summed E-state index contributed by atoms with van der Waals surface area (Å²) in [6.45, 7) is 2.71. The van der Waals surface area contributed by atoms with Crippen molar-refractivity contribution in [2.45, 2.75) is 45.3 Å². The Labute approximate surface area is 170 Å². The van der Waals surface area contributed by atoms with Gasteiger partial charge in [-0.2, -0.15) is 0 Å². The minimum atomic E-state index is -0.916. The molecule has 2 atom stereocenters. The largest absolute Gasteiger partial charge is 0.482 e. The zero-order chi connectivity index (χ0) is 20.8. The van der Waals surface area contributed by atoms with E-state index in [0.717, 1.165) is 24.8 Å². The molecule has 0 saturated heterocycles. The second-order valence-electron chi connectivity index (χ2n) is 7.15. The van der Waals surface area contributed by atoms with Crippen LogP contribution >= 0.6 is 0 Å². The highest BCUT2D eigenvalue weighted by Gasteiger charge is 2.25. The zero-order valence-electron chi connectivity index (χ0n) is 16.6. The molecule has 1 amide bonds. The zero-order valence-corrected chi connectivity index (χ0v) is 16.6. The third kappa shape index (κ3) is 5.44. The van der Waals surface area contributed by atoms with E-state index < -0.39 is 12.1 Å². The van der Waals surface area contributed by atoms with Gasteiger partial charge in [-0.1, -0.05) is 24.3 Å². The summed E-state index contributed by atoms with van der Waals surface area (Å²) in [5, 5.41) is 2.98. The summed E-state index contributed by atoms with van der Waals surface area (Å²) >= 11 is 0. The van der Waals surface area contributed by atoms with Crippen LogP contribution in [0.4, 0.5) is 0 Å². The fourth-order valence-electron chi connectivity index (χ4n) is 3.41. The molecule has 1 aliphatic carbocycles. The number of aryl methyl sites for hydroxylation is 1. The standard InChI is InChI=1S/C23H25NO5/c1-15(25)17-10-12-19(13-11-17)28-14-22(26)29-16(2)23(27)24-21-9-5-7-18-6-3-4-8-20(18)21/h3-4,6,8,10-13,16,21H,5,7,9,14H2,1-2H3,(H,24,27)/t16-,21-/m1/s1. The van der Waals surface area contributed by atoms with Gasteiger partial charge < -0.3 is 14.8 Å². The second kappa shape index (κ2) is 9.37. The van der Waals surface area contributed by atoms with Crippen LogP contribution in [0.2, 0.25) is 0 Å². The predicted octanol–water partition coefficient (Wildman–Crippen LogP) is 3.39. The van der Waals surface area contributed by atoms with Crippen LogP contribution in [0.15, 0.2) is 48.5 Å². The second-order valence-corrected chi connectivity index (χ2v) is 7.15. The van der Waals surface area contributed by atoms with Crippen LogP contribution in [0.3, 0.4) is 0 Å². The van der Waals surface area contributed by atoms with Crippen molar-refractivity contribution >= 4 is 17.7 Å². The number of benzene rings is 2. The highest BCUT2D eigenvalue weighted by Crippen LogP contribution is 2.29. The summed E-state index contributed by atoms with van der Waals surface area (Å²) in [6.07, 6.45) is 1.97. The van der Waals surface area contributed by atoms with Crippen LogP contribution in [-0.2, 0) is 20.7 Å². The van der Waals surface area contributed by atoms with Gasteiger partial charge in [-0.05, 0) is 68.5 Å². The van der Waals surface area contributed by atoms with Gasteiger partial charge in [0.15, 0.2) is 18.5 Å². The minimum Gasteiger partial charge on any atom is -0.482 e. The van der Waals surface area contributed by atoms with E-state index in [-0.39, 0.29) is 24.3 Å². The molecule has 0 radical (unpaired) electrons. The average molecular weight is 395 g/mol. The number of esters is 1. The molecule has 0 heterocycles. The van der Waals surface area contributed by atoms with Crippen molar-refractivity contribution in [2.24, 2.45) is 0 Å². The van der Waals surface area contributed by atoms with E-state index in [1.807, 2.05) is 18.2 Å². The Hall–Kier alpha value is -3.15. The van der Waals surface area contributed by atoms with Crippen LogP contribution < -0.4 is 10.1 Å². The van der Waals surface area contributed by atoms with Crippen molar-refractivity contribution in [3.63, 3.8) is 0 Å². The number of Topliss-reactive ketones (excluding diaryl/α,β-unsaturated/α-hetero) is 1. The van der Waals surface area contributed by atoms with Crippen LogP contribution in [0.25, 0.3) is 0 Å². The topological polar surface area (TPSA) is 81.7 Å². The van der Waals surface area contributed by atoms with E-state index in [0.29, 0.717) is 11.3 Å². The summed E-state index contributed by atoms with van der Waals surface area (Å²) < 4.78 is 10.6. The number of rotatable bonds is 7. The third-order valence-corrected chi connectivity index (χ3v) is 4.98. The molecule has 6 nitrogen and oxygen atoms in total. The molecule has 0 bridgehead atoms. The number of fused-ring (bicyclic) bond motifs is 1. The first-order chi connectivity index (χ1) is 13.9. The lowest BCUT2D eigenvalue weighted by Gasteiger charge is -2.27. The van der Waals surface area contributed by atoms with Crippen molar-refractivity contribution in [3.8, 4) is 5.75 Å². The fraction of sp³-hybridized carbons (Fsp3) is 0.348. The molecule has 152 valence electrons.